The van der Waals surface area contributed by atoms with Gasteiger partial charge in [-0.1, -0.05) is 36.4 Å². The van der Waals surface area contributed by atoms with Crippen LogP contribution in [0, 0.1) is 11.7 Å². The topological polar surface area (TPSA) is 77.0 Å². The van der Waals surface area contributed by atoms with Gasteiger partial charge >= 0.3 is 0 Å². The van der Waals surface area contributed by atoms with E-state index in [1.807, 2.05) is 23.1 Å². The molecule has 1 fully saturated rings. The summed E-state index contributed by atoms with van der Waals surface area (Å²) in [6.07, 6.45) is 1.40. The Morgan fingerprint density at radius 2 is 1.97 bits per heavy atom. The van der Waals surface area contributed by atoms with Gasteiger partial charge in [0.2, 0.25) is 5.91 Å². The fourth-order valence-electron chi connectivity index (χ4n) is 3.62. The fraction of sp³-hybridized carbons (Fsp3) is 0.391. The Hall–Kier alpha value is -2.20. The van der Waals surface area contributed by atoms with Crippen molar-refractivity contribution in [3.05, 3.63) is 71.0 Å². The number of carbonyl (C=O) groups excluding carboxylic acids is 1. The van der Waals surface area contributed by atoms with Gasteiger partial charge in [-0.05, 0) is 29.7 Å². The molecule has 3 rings (SSSR count). The highest BCUT2D eigenvalue weighted by molar-refractivity contribution is 14.0. The lowest BCUT2D eigenvalue weighted by molar-refractivity contribution is -0.127. The van der Waals surface area contributed by atoms with E-state index in [9.17, 15) is 14.3 Å². The van der Waals surface area contributed by atoms with E-state index in [1.165, 1.54) is 11.6 Å². The molecule has 6 nitrogen and oxygen atoms in total. The molecule has 0 bridgehead atoms. The summed E-state index contributed by atoms with van der Waals surface area (Å²) in [6, 6.07) is 14.9. The lowest BCUT2D eigenvalue weighted by Crippen LogP contribution is -2.40. The molecule has 1 atom stereocenters. The van der Waals surface area contributed by atoms with Gasteiger partial charge in [-0.25, -0.2) is 4.39 Å². The molecule has 1 unspecified atom stereocenters. The Balaban J connectivity index is 0.00000341. The van der Waals surface area contributed by atoms with Gasteiger partial charge in [0.15, 0.2) is 5.96 Å². The molecule has 0 spiro atoms. The van der Waals surface area contributed by atoms with Crippen molar-refractivity contribution in [3.63, 3.8) is 0 Å². The normalized spacial score (nSPS) is 16.2. The number of halogens is 2. The fourth-order valence-corrected chi connectivity index (χ4v) is 3.62. The van der Waals surface area contributed by atoms with Gasteiger partial charge in [0, 0.05) is 51.1 Å². The second-order valence-electron chi connectivity index (χ2n) is 7.54. The van der Waals surface area contributed by atoms with Crippen molar-refractivity contribution in [2.45, 2.75) is 26.0 Å². The van der Waals surface area contributed by atoms with E-state index in [1.54, 1.807) is 19.2 Å². The number of likely N-dealkylation sites (tertiary alicyclic amines) is 1. The van der Waals surface area contributed by atoms with Crippen LogP contribution < -0.4 is 10.6 Å². The lowest BCUT2D eigenvalue weighted by atomic mass is 10.1. The first kappa shape index (κ1) is 25.1. The quantitative estimate of drug-likeness (QED) is 0.274. The van der Waals surface area contributed by atoms with Gasteiger partial charge in [-0.3, -0.25) is 9.79 Å². The summed E-state index contributed by atoms with van der Waals surface area (Å²) in [5, 5.41) is 15.6. The predicted octanol–water partition coefficient (Wildman–Crippen LogP) is 2.69. The molecule has 1 heterocycles. The van der Waals surface area contributed by atoms with Crippen LogP contribution in [0.4, 0.5) is 4.39 Å². The summed E-state index contributed by atoms with van der Waals surface area (Å²) in [6.45, 7) is 2.26. The molecule has 1 amide bonds. The van der Waals surface area contributed by atoms with Crippen molar-refractivity contribution in [2.24, 2.45) is 10.9 Å². The third-order valence-electron chi connectivity index (χ3n) is 5.33. The van der Waals surface area contributed by atoms with E-state index in [-0.39, 0.29) is 48.0 Å². The Morgan fingerprint density at radius 3 is 2.68 bits per heavy atom. The average Bonchev–Trinajstić information content (AvgIpc) is 3.13. The predicted molar refractivity (Wildman–Crippen MR) is 131 cm³/mol. The third-order valence-corrected chi connectivity index (χ3v) is 5.33. The summed E-state index contributed by atoms with van der Waals surface area (Å²) in [4.78, 5) is 18.5. The van der Waals surface area contributed by atoms with Crippen LogP contribution in [-0.2, 0) is 24.4 Å². The standard InChI is InChI=1S/C23H29FN4O2.HI/c1-25-23(26-13-18-7-8-21(24)20(11-18)16-29)27-14-19-12-22(30)28(15-19)10-9-17-5-3-2-4-6-17;/h2-8,11,19,29H,9-10,12-16H2,1H3,(H2,25,26,27);1H. The maximum absolute atomic E-state index is 13.5. The van der Waals surface area contributed by atoms with E-state index in [0.29, 0.717) is 25.5 Å². The van der Waals surface area contributed by atoms with Crippen molar-refractivity contribution < 1.29 is 14.3 Å². The molecule has 1 aliphatic heterocycles. The molecule has 31 heavy (non-hydrogen) atoms. The van der Waals surface area contributed by atoms with E-state index in [2.05, 4.69) is 27.8 Å². The summed E-state index contributed by atoms with van der Waals surface area (Å²) in [7, 11) is 1.69. The number of aliphatic hydroxyl groups excluding tert-OH is 1. The van der Waals surface area contributed by atoms with Crippen LogP contribution in [0.1, 0.15) is 23.1 Å². The molecule has 168 valence electrons. The minimum absolute atomic E-state index is 0. The number of rotatable bonds is 8. The first-order valence-electron chi connectivity index (χ1n) is 10.2. The van der Waals surface area contributed by atoms with Crippen LogP contribution in [0.3, 0.4) is 0 Å². The molecule has 3 N–H and O–H groups in total. The molecule has 1 saturated heterocycles. The van der Waals surface area contributed by atoms with Crippen LogP contribution in [0.15, 0.2) is 53.5 Å². The summed E-state index contributed by atoms with van der Waals surface area (Å²) in [5.41, 5.74) is 2.37. The molecule has 0 saturated carbocycles. The second-order valence-corrected chi connectivity index (χ2v) is 7.54. The summed E-state index contributed by atoms with van der Waals surface area (Å²) >= 11 is 0. The number of nitrogens with one attached hydrogen (secondary N) is 2. The maximum atomic E-state index is 13.5. The number of guanidine groups is 1. The smallest absolute Gasteiger partial charge is 0.223 e. The highest BCUT2D eigenvalue weighted by atomic mass is 127. The van der Waals surface area contributed by atoms with Gasteiger partial charge in [-0.15, -0.1) is 24.0 Å². The minimum atomic E-state index is -0.411. The van der Waals surface area contributed by atoms with Crippen molar-refractivity contribution in [1.82, 2.24) is 15.5 Å². The molecule has 2 aromatic rings. The number of nitrogens with zero attached hydrogens (tertiary/aromatic N) is 2. The molecule has 1 aliphatic rings. The largest absolute Gasteiger partial charge is 0.392 e. The molecule has 8 heteroatoms. The van der Waals surface area contributed by atoms with Crippen LogP contribution in [-0.4, -0.2) is 48.6 Å². The first-order valence-corrected chi connectivity index (χ1v) is 10.2. The molecular formula is C23H30FIN4O2. The molecule has 2 aromatic carbocycles. The highest BCUT2D eigenvalue weighted by Crippen LogP contribution is 2.17. The Morgan fingerprint density at radius 1 is 1.19 bits per heavy atom. The van der Waals surface area contributed by atoms with Crippen LogP contribution in [0.2, 0.25) is 0 Å². The van der Waals surface area contributed by atoms with Crippen LogP contribution in [0.5, 0.6) is 0 Å². The van der Waals surface area contributed by atoms with Gasteiger partial charge in [0.05, 0.1) is 6.61 Å². The summed E-state index contributed by atoms with van der Waals surface area (Å²) in [5.74, 6) is 0.647. The molecular weight excluding hydrogens is 510 g/mol. The number of benzene rings is 2. The molecule has 0 aliphatic carbocycles. The van der Waals surface area contributed by atoms with E-state index in [0.717, 1.165) is 25.1 Å². The van der Waals surface area contributed by atoms with Gasteiger partial charge in [-0.2, -0.15) is 0 Å². The van der Waals surface area contributed by atoms with E-state index >= 15 is 0 Å². The average molecular weight is 540 g/mol. The Kier molecular flexibility index (Phi) is 10.2. The van der Waals surface area contributed by atoms with Crippen molar-refractivity contribution in [3.8, 4) is 0 Å². The zero-order valence-electron chi connectivity index (χ0n) is 17.7. The lowest BCUT2D eigenvalue weighted by Gasteiger charge is -2.18. The second kappa shape index (κ2) is 12.6. The number of hydrogen-bond acceptors (Lipinski definition) is 3. The van der Waals surface area contributed by atoms with E-state index in [4.69, 9.17) is 0 Å². The number of aliphatic imine (C=N–C) groups is 1. The number of hydrogen-bond donors (Lipinski definition) is 3. The Bertz CT molecular complexity index is 879. The zero-order chi connectivity index (χ0) is 21.3. The minimum Gasteiger partial charge on any atom is -0.392 e. The van der Waals surface area contributed by atoms with Crippen molar-refractivity contribution >= 4 is 35.8 Å². The molecule has 0 aromatic heterocycles. The third kappa shape index (κ3) is 7.46. The SMILES string of the molecule is CN=C(NCc1ccc(F)c(CO)c1)NCC1CC(=O)N(CCc2ccccc2)C1.I. The van der Waals surface area contributed by atoms with Gasteiger partial charge in [0.1, 0.15) is 5.82 Å². The van der Waals surface area contributed by atoms with Gasteiger partial charge in [0.25, 0.3) is 0 Å². The van der Waals surface area contributed by atoms with Crippen molar-refractivity contribution in [2.75, 3.05) is 26.7 Å². The van der Waals surface area contributed by atoms with E-state index < -0.39 is 5.82 Å². The van der Waals surface area contributed by atoms with Crippen LogP contribution in [0.25, 0.3) is 0 Å². The number of aliphatic hydroxyl groups is 1. The monoisotopic (exact) mass is 540 g/mol. The number of carbonyl (C=O) groups is 1. The van der Waals surface area contributed by atoms with Crippen molar-refractivity contribution in [1.29, 1.82) is 0 Å². The molecule has 0 radical (unpaired) electrons. The number of amides is 1. The Labute approximate surface area is 200 Å². The summed E-state index contributed by atoms with van der Waals surface area (Å²) < 4.78 is 13.5. The zero-order valence-corrected chi connectivity index (χ0v) is 20.0. The highest BCUT2D eigenvalue weighted by Gasteiger charge is 2.29. The maximum Gasteiger partial charge on any atom is 0.223 e. The first-order chi connectivity index (χ1) is 14.6. The van der Waals surface area contributed by atoms with Crippen LogP contribution >= 0.6 is 24.0 Å². The van der Waals surface area contributed by atoms with Gasteiger partial charge < -0.3 is 20.6 Å².